The highest BCUT2D eigenvalue weighted by Crippen LogP contribution is 2.25. The molecule has 0 aromatic heterocycles. The van der Waals surface area contributed by atoms with Crippen molar-refractivity contribution in [3.8, 4) is 0 Å². The summed E-state index contributed by atoms with van der Waals surface area (Å²) in [6, 6.07) is 6.48. The lowest BCUT2D eigenvalue weighted by molar-refractivity contribution is -0.138. The second kappa shape index (κ2) is 6.15. The molecule has 2 atom stereocenters. The molecule has 1 heterocycles. The van der Waals surface area contributed by atoms with Crippen molar-refractivity contribution in [2.75, 3.05) is 19.6 Å². The highest BCUT2D eigenvalue weighted by Gasteiger charge is 2.29. The average molecular weight is 264 g/mol. The van der Waals surface area contributed by atoms with E-state index in [1.54, 1.807) is 6.07 Å². The molecule has 1 aromatic rings. The fraction of sp³-hybridized carbons (Fsp3) is 0.533. The predicted molar refractivity (Wildman–Crippen MR) is 73.2 cm³/mol. The van der Waals surface area contributed by atoms with Gasteiger partial charge in [-0.05, 0) is 24.1 Å². The average Bonchev–Trinajstić information content (AvgIpc) is 2.45. The summed E-state index contributed by atoms with van der Waals surface area (Å²) >= 11 is 0. The first kappa shape index (κ1) is 14.0. The Kier molecular flexibility index (Phi) is 4.53. The topological polar surface area (TPSA) is 32.3 Å². The summed E-state index contributed by atoms with van der Waals surface area (Å²) in [6.45, 7) is 6.14. The number of hydrogen-bond donors (Lipinski definition) is 1. The van der Waals surface area contributed by atoms with Crippen LogP contribution in [0.1, 0.15) is 31.9 Å². The minimum absolute atomic E-state index is 0.0224. The smallest absolute Gasteiger partial charge is 0.225 e. The number of hydrogen-bond acceptors (Lipinski definition) is 2. The van der Waals surface area contributed by atoms with Crippen molar-refractivity contribution in [2.24, 2.45) is 5.92 Å². The van der Waals surface area contributed by atoms with Crippen LogP contribution in [-0.4, -0.2) is 30.4 Å². The number of halogens is 1. The summed E-state index contributed by atoms with van der Waals surface area (Å²) in [6.07, 6.45) is 0.832. The maximum atomic E-state index is 13.4. The van der Waals surface area contributed by atoms with Crippen molar-refractivity contribution >= 4 is 5.91 Å². The minimum atomic E-state index is -0.251. The van der Waals surface area contributed by atoms with Gasteiger partial charge < -0.3 is 10.2 Å². The molecular formula is C15H21FN2O. The summed E-state index contributed by atoms with van der Waals surface area (Å²) in [4.78, 5) is 14.3. The number of piperazine rings is 1. The molecule has 0 aliphatic carbocycles. The zero-order valence-corrected chi connectivity index (χ0v) is 11.5. The molecule has 0 radical (unpaired) electrons. The molecule has 19 heavy (non-hydrogen) atoms. The van der Waals surface area contributed by atoms with Crippen LogP contribution in [0.5, 0.6) is 0 Å². The lowest BCUT2D eigenvalue weighted by atomic mass is 10.00. The summed E-state index contributed by atoms with van der Waals surface area (Å²) in [5.74, 6) is -0.0635. The standard InChI is InChI=1S/C15H21FN2O/c1-3-11(2)15(19)18-8-7-17-10-14(18)12-5-4-6-13(16)9-12/h4-6,9,11,14,17H,3,7-8,10H2,1-2H3. The fourth-order valence-corrected chi connectivity index (χ4v) is 2.44. The monoisotopic (exact) mass is 264 g/mol. The molecule has 1 amide bonds. The van der Waals surface area contributed by atoms with Gasteiger partial charge in [-0.25, -0.2) is 4.39 Å². The van der Waals surface area contributed by atoms with Gasteiger partial charge in [0.15, 0.2) is 0 Å². The van der Waals surface area contributed by atoms with Crippen molar-refractivity contribution in [3.63, 3.8) is 0 Å². The minimum Gasteiger partial charge on any atom is -0.333 e. The van der Waals surface area contributed by atoms with Crippen LogP contribution < -0.4 is 5.32 Å². The number of amides is 1. The third kappa shape index (κ3) is 3.13. The molecule has 1 aromatic carbocycles. The van der Waals surface area contributed by atoms with Gasteiger partial charge >= 0.3 is 0 Å². The number of carbonyl (C=O) groups excluding carboxylic acids is 1. The molecule has 2 unspecified atom stereocenters. The van der Waals surface area contributed by atoms with Crippen LogP contribution in [0.4, 0.5) is 4.39 Å². The largest absolute Gasteiger partial charge is 0.333 e. The van der Waals surface area contributed by atoms with Crippen LogP contribution in [0.3, 0.4) is 0 Å². The lowest BCUT2D eigenvalue weighted by Crippen LogP contribution is -2.50. The third-order valence-electron chi connectivity index (χ3n) is 3.79. The van der Waals surface area contributed by atoms with E-state index >= 15 is 0 Å². The van der Waals surface area contributed by atoms with Crippen molar-refractivity contribution in [2.45, 2.75) is 26.3 Å². The van der Waals surface area contributed by atoms with E-state index in [2.05, 4.69) is 5.32 Å². The van der Waals surface area contributed by atoms with Gasteiger partial charge in [-0.15, -0.1) is 0 Å². The number of benzene rings is 1. The molecule has 1 N–H and O–H groups in total. The Morgan fingerprint density at radius 3 is 3.05 bits per heavy atom. The van der Waals surface area contributed by atoms with E-state index in [-0.39, 0.29) is 23.7 Å². The highest BCUT2D eigenvalue weighted by atomic mass is 19.1. The Morgan fingerprint density at radius 1 is 1.58 bits per heavy atom. The molecule has 1 fully saturated rings. The third-order valence-corrected chi connectivity index (χ3v) is 3.79. The Bertz CT molecular complexity index is 450. The molecule has 0 saturated carbocycles. The van der Waals surface area contributed by atoms with Gasteiger partial charge in [0, 0.05) is 25.6 Å². The van der Waals surface area contributed by atoms with E-state index in [1.807, 2.05) is 24.8 Å². The Balaban J connectivity index is 2.23. The van der Waals surface area contributed by atoms with Crippen LogP contribution in [0.15, 0.2) is 24.3 Å². The van der Waals surface area contributed by atoms with Gasteiger partial charge in [0.25, 0.3) is 0 Å². The second-order valence-electron chi connectivity index (χ2n) is 5.12. The van der Waals surface area contributed by atoms with Gasteiger partial charge in [0.05, 0.1) is 6.04 Å². The quantitative estimate of drug-likeness (QED) is 0.909. The second-order valence-corrected chi connectivity index (χ2v) is 5.12. The molecule has 0 bridgehead atoms. The molecule has 4 heteroatoms. The van der Waals surface area contributed by atoms with Gasteiger partial charge in [-0.3, -0.25) is 4.79 Å². The van der Waals surface area contributed by atoms with Crippen LogP contribution in [0.25, 0.3) is 0 Å². The van der Waals surface area contributed by atoms with E-state index in [9.17, 15) is 9.18 Å². The van der Waals surface area contributed by atoms with E-state index in [0.29, 0.717) is 13.1 Å². The Hall–Kier alpha value is -1.42. The zero-order chi connectivity index (χ0) is 13.8. The van der Waals surface area contributed by atoms with E-state index in [0.717, 1.165) is 18.5 Å². The summed E-state index contributed by atoms with van der Waals surface area (Å²) < 4.78 is 13.4. The predicted octanol–water partition coefficient (Wildman–Crippen LogP) is 2.34. The fourth-order valence-electron chi connectivity index (χ4n) is 2.44. The van der Waals surface area contributed by atoms with Gasteiger partial charge in [0.2, 0.25) is 5.91 Å². The maximum Gasteiger partial charge on any atom is 0.225 e. The molecule has 0 spiro atoms. The van der Waals surface area contributed by atoms with Crippen LogP contribution in [0.2, 0.25) is 0 Å². The molecule has 1 aliphatic rings. The van der Waals surface area contributed by atoms with E-state index < -0.39 is 0 Å². The molecule has 104 valence electrons. The van der Waals surface area contributed by atoms with Crippen LogP contribution in [0, 0.1) is 11.7 Å². The molecule has 1 aliphatic heterocycles. The van der Waals surface area contributed by atoms with Crippen molar-refractivity contribution < 1.29 is 9.18 Å². The SMILES string of the molecule is CCC(C)C(=O)N1CCNCC1c1cccc(F)c1. The zero-order valence-electron chi connectivity index (χ0n) is 11.5. The summed E-state index contributed by atoms with van der Waals surface area (Å²) in [7, 11) is 0. The van der Waals surface area contributed by atoms with Crippen LogP contribution in [-0.2, 0) is 4.79 Å². The number of nitrogens with one attached hydrogen (secondary N) is 1. The first-order valence-electron chi connectivity index (χ1n) is 6.90. The van der Waals surface area contributed by atoms with E-state index in [4.69, 9.17) is 0 Å². The Labute approximate surface area is 113 Å². The van der Waals surface area contributed by atoms with Crippen molar-refractivity contribution in [1.82, 2.24) is 10.2 Å². The highest BCUT2D eigenvalue weighted by molar-refractivity contribution is 5.79. The van der Waals surface area contributed by atoms with Gasteiger partial charge in [-0.1, -0.05) is 26.0 Å². The number of nitrogens with zero attached hydrogens (tertiary/aromatic N) is 1. The van der Waals surface area contributed by atoms with Gasteiger partial charge in [-0.2, -0.15) is 0 Å². The molecular weight excluding hydrogens is 243 g/mol. The number of carbonyl (C=O) groups is 1. The molecule has 2 rings (SSSR count). The normalized spacial score (nSPS) is 21.2. The first-order chi connectivity index (χ1) is 9.13. The van der Waals surface area contributed by atoms with Crippen molar-refractivity contribution in [3.05, 3.63) is 35.6 Å². The molecule has 3 nitrogen and oxygen atoms in total. The summed E-state index contributed by atoms with van der Waals surface area (Å²) in [5, 5.41) is 3.28. The van der Waals surface area contributed by atoms with E-state index in [1.165, 1.54) is 12.1 Å². The lowest BCUT2D eigenvalue weighted by Gasteiger charge is -2.38. The first-order valence-corrected chi connectivity index (χ1v) is 6.90. The summed E-state index contributed by atoms with van der Waals surface area (Å²) in [5.41, 5.74) is 0.865. The number of rotatable bonds is 3. The van der Waals surface area contributed by atoms with Gasteiger partial charge in [0.1, 0.15) is 5.82 Å². The molecule has 1 saturated heterocycles. The van der Waals surface area contributed by atoms with Crippen molar-refractivity contribution in [1.29, 1.82) is 0 Å². The van der Waals surface area contributed by atoms with Crippen LogP contribution >= 0.6 is 0 Å². The Morgan fingerprint density at radius 2 is 2.37 bits per heavy atom. The maximum absolute atomic E-state index is 13.4.